The summed E-state index contributed by atoms with van der Waals surface area (Å²) in [6, 6.07) is 0. The first-order valence-electron chi connectivity index (χ1n) is 7.35. The Morgan fingerprint density at radius 2 is 1.80 bits per heavy atom. The molecular weight excluding hydrogens is 264 g/mol. The van der Waals surface area contributed by atoms with Crippen LogP contribution in [0.25, 0.3) is 0 Å². The first kappa shape index (κ1) is 17.4. The lowest BCUT2D eigenvalue weighted by Crippen LogP contribution is -2.47. The topological polar surface area (TPSA) is 96.2 Å². The zero-order valence-corrected chi connectivity index (χ0v) is 12.0. The number of aliphatic hydroxyl groups is 2. The van der Waals surface area contributed by atoms with Crippen LogP contribution in [0.1, 0.15) is 51.9 Å². The monoisotopic (exact) mass is 290 g/mol. The van der Waals surface area contributed by atoms with Crippen molar-refractivity contribution >= 4 is 5.97 Å². The molecule has 1 saturated heterocycles. The van der Waals surface area contributed by atoms with Gasteiger partial charge in [-0.3, -0.25) is 4.79 Å². The van der Waals surface area contributed by atoms with Gasteiger partial charge in [0, 0.05) is 19.4 Å². The smallest absolute Gasteiger partial charge is 0.303 e. The molecule has 0 aromatic carbocycles. The molecule has 4 atom stereocenters. The largest absolute Gasteiger partial charge is 0.481 e. The van der Waals surface area contributed by atoms with E-state index in [9.17, 15) is 15.0 Å². The fraction of sp³-hybridized carbons (Fsp3) is 0.929. The Hall–Kier alpha value is -0.690. The van der Waals surface area contributed by atoms with Crippen molar-refractivity contribution in [3.05, 3.63) is 0 Å². The Labute approximate surface area is 119 Å². The Kier molecular flexibility index (Phi) is 8.06. The van der Waals surface area contributed by atoms with E-state index in [4.69, 9.17) is 14.6 Å². The van der Waals surface area contributed by atoms with Gasteiger partial charge in [-0.15, -0.1) is 0 Å². The average molecular weight is 290 g/mol. The van der Waals surface area contributed by atoms with Gasteiger partial charge in [0.1, 0.15) is 6.10 Å². The summed E-state index contributed by atoms with van der Waals surface area (Å²) in [5.74, 6) is -0.743. The molecule has 1 aliphatic heterocycles. The molecule has 0 aromatic rings. The highest BCUT2D eigenvalue weighted by molar-refractivity contribution is 5.66. The standard InChI is InChI=1S/C14H26O6/c1-10-11(15)9-12(16)14(20-10)19-8-6-4-2-3-5-7-13(17)18/h10-12,14-16H,2-9H2,1H3,(H,17,18)/t10?,11-,12?,14-/m1/s1. The van der Waals surface area contributed by atoms with Gasteiger partial charge < -0.3 is 24.8 Å². The summed E-state index contributed by atoms with van der Waals surface area (Å²) in [7, 11) is 0. The van der Waals surface area contributed by atoms with Gasteiger partial charge in [0.25, 0.3) is 0 Å². The predicted molar refractivity (Wildman–Crippen MR) is 72.3 cm³/mol. The van der Waals surface area contributed by atoms with E-state index in [2.05, 4.69) is 0 Å². The minimum absolute atomic E-state index is 0.235. The predicted octanol–water partition coefficient (Wildman–Crippen LogP) is 1.28. The lowest BCUT2D eigenvalue weighted by molar-refractivity contribution is -0.261. The number of unbranched alkanes of at least 4 members (excludes halogenated alkanes) is 4. The quantitative estimate of drug-likeness (QED) is 0.554. The maximum Gasteiger partial charge on any atom is 0.303 e. The summed E-state index contributed by atoms with van der Waals surface area (Å²) in [6.45, 7) is 2.26. The molecule has 3 N–H and O–H groups in total. The number of rotatable bonds is 9. The molecule has 0 saturated carbocycles. The van der Waals surface area contributed by atoms with Crippen LogP contribution < -0.4 is 0 Å². The fourth-order valence-corrected chi connectivity index (χ4v) is 2.20. The summed E-state index contributed by atoms with van der Waals surface area (Å²) in [5, 5.41) is 27.7. The van der Waals surface area contributed by atoms with Gasteiger partial charge in [0.2, 0.25) is 0 Å². The third kappa shape index (κ3) is 6.65. The van der Waals surface area contributed by atoms with Crippen LogP contribution in [-0.4, -0.2) is 52.5 Å². The van der Waals surface area contributed by atoms with Gasteiger partial charge in [-0.05, 0) is 19.8 Å². The lowest BCUT2D eigenvalue weighted by atomic mass is 10.0. The highest BCUT2D eigenvalue weighted by Crippen LogP contribution is 2.21. The van der Waals surface area contributed by atoms with E-state index in [-0.39, 0.29) is 18.9 Å². The average Bonchev–Trinajstić information content (AvgIpc) is 2.38. The Bertz CT molecular complexity index is 283. The highest BCUT2D eigenvalue weighted by Gasteiger charge is 2.34. The van der Waals surface area contributed by atoms with Gasteiger partial charge in [0.05, 0.1) is 12.2 Å². The van der Waals surface area contributed by atoms with E-state index < -0.39 is 24.5 Å². The van der Waals surface area contributed by atoms with Crippen LogP contribution in [0, 0.1) is 0 Å². The molecule has 20 heavy (non-hydrogen) atoms. The maximum atomic E-state index is 10.3. The van der Waals surface area contributed by atoms with Crippen LogP contribution in [-0.2, 0) is 14.3 Å². The zero-order chi connectivity index (χ0) is 15.0. The van der Waals surface area contributed by atoms with Crippen molar-refractivity contribution in [3.63, 3.8) is 0 Å². The van der Waals surface area contributed by atoms with Crippen molar-refractivity contribution < 1.29 is 29.6 Å². The highest BCUT2D eigenvalue weighted by atomic mass is 16.7. The first-order chi connectivity index (χ1) is 9.50. The van der Waals surface area contributed by atoms with Crippen LogP contribution in [0.4, 0.5) is 0 Å². The molecule has 0 aliphatic carbocycles. The molecular formula is C14H26O6. The zero-order valence-electron chi connectivity index (χ0n) is 12.0. The number of aliphatic hydroxyl groups excluding tert-OH is 2. The molecule has 118 valence electrons. The lowest BCUT2D eigenvalue weighted by Gasteiger charge is -2.35. The third-order valence-corrected chi connectivity index (χ3v) is 3.50. The van der Waals surface area contributed by atoms with E-state index in [1.807, 2.05) is 0 Å². The Balaban J connectivity index is 1.99. The summed E-state index contributed by atoms with van der Waals surface area (Å²) in [4.78, 5) is 10.3. The van der Waals surface area contributed by atoms with Gasteiger partial charge in [0.15, 0.2) is 6.29 Å². The van der Waals surface area contributed by atoms with E-state index in [0.29, 0.717) is 6.61 Å². The van der Waals surface area contributed by atoms with Gasteiger partial charge >= 0.3 is 5.97 Å². The van der Waals surface area contributed by atoms with Crippen LogP contribution in [0.15, 0.2) is 0 Å². The number of hydrogen-bond acceptors (Lipinski definition) is 5. The number of carboxylic acids is 1. The van der Waals surface area contributed by atoms with E-state index in [1.54, 1.807) is 6.92 Å². The SMILES string of the molecule is CC1O[C@@H](OCCCCCCCC(=O)O)C(O)C[C@H]1O. The molecule has 1 rings (SSSR count). The number of carboxylic acid groups (broad SMARTS) is 1. The van der Waals surface area contributed by atoms with E-state index >= 15 is 0 Å². The van der Waals surface area contributed by atoms with Gasteiger partial charge in [-0.2, -0.15) is 0 Å². The van der Waals surface area contributed by atoms with Crippen LogP contribution in [0.2, 0.25) is 0 Å². The van der Waals surface area contributed by atoms with Crippen molar-refractivity contribution in [2.75, 3.05) is 6.61 Å². The van der Waals surface area contributed by atoms with Crippen molar-refractivity contribution in [1.29, 1.82) is 0 Å². The summed E-state index contributed by atoms with van der Waals surface area (Å²) in [6.07, 6.45) is 2.57. The number of carbonyl (C=O) groups is 1. The number of hydrogen-bond donors (Lipinski definition) is 3. The van der Waals surface area contributed by atoms with Crippen LogP contribution in [0.5, 0.6) is 0 Å². The Morgan fingerprint density at radius 1 is 1.15 bits per heavy atom. The van der Waals surface area contributed by atoms with Crippen LogP contribution >= 0.6 is 0 Å². The van der Waals surface area contributed by atoms with Crippen molar-refractivity contribution in [2.24, 2.45) is 0 Å². The molecule has 1 aliphatic rings. The first-order valence-corrected chi connectivity index (χ1v) is 7.35. The minimum Gasteiger partial charge on any atom is -0.481 e. The van der Waals surface area contributed by atoms with Crippen LogP contribution in [0.3, 0.4) is 0 Å². The third-order valence-electron chi connectivity index (χ3n) is 3.50. The summed E-state index contributed by atoms with van der Waals surface area (Å²) < 4.78 is 10.9. The fourth-order valence-electron chi connectivity index (χ4n) is 2.20. The molecule has 6 nitrogen and oxygen atoms in total. The normalized spacial score (nSPS) is 30.4. The van der Waals surface area contributed by atoms with Crippen molar-refractivity contribution in [1.82, 2.24) is 0 Å². The van der Waals surface area contributed by atoms with E-state index in [0.717, 1.165) is 32.1 Å². The van der Waals surface area contributed by atoms with Crippen molar-refractivity contribution in [3.8, 4) is 0 Å². The molecule has 0 spiro atoms. The van der Waals surface area contributed by atoms with E-state index in [1.165, 1.54) is 0 Å². The molecule has 1 heterocycles. The second-order valence-electron chi connectivity index (χ2n) is 5.36. The minimum atomic E-state index is -0.781. The van der Waals surface area contributed by atoms with Gasteiger partial charge in [-0.1, -0.05) is 19.3 Å². The molecule has 6 heteroatoms. The Morgan fingerprint density at radius 3 is 2.50 bits per heavy atom. The summed E-state index contributed by atoms with van der Waals surface area (Å²) >= 11 is 0. The van der Waals surface area contributed by atoms with Crippen molar-refractivity contribution in [2.45, 2.75) is 76.5 Å². The molecule has 2 unspecified atom stereocenters. The summed E-state index contributed by atoms with van der Waals surface area (Å²) in [5.41, 5.74) is 0. The second kappa shape index (κ2) is 9.28. The van der Waals surface area contributed by atoms with Gasteiger partial charge in [-0.25, -0.2) is 0 Å². The molecule has 1 fully saturated rings. The molecule has 0 amide bonds. The molecule has 0 radical (unpaired) electrons. The maximum absolute atomic E-state index is 10.3. The molecule has 0 aromatic heterocycles. The molecule has 0 bridgehead atoms. The number of aliphatic carboxylic acids is 1. The number of ether oxygens (including phenoxy) is 2. The second-order valence-corrected chi connectivity index (χ2v) is 5.36.